The third-order valence-electron chi connectivity index (χ3n) is 7.27. The molecule has 1 saturated heterocycles. The number of hydrazone groups is 1. The number of para-hydroxylation sites is 1. The quantitative estimate of drug-likeness (QED) is 0.389. The number of aliphatic hydroxyl groups is 1. The van der Waals surface area contributed by atoms with Crippen molar-refractivity contribution in [3.63, 3.8) is 0 Å². The number of hydrogen-bond acceptors (Lipinski definition) is 9. The van der Waals surface area contributed by atoms with Gasteiger partial charge in [-0.15, -0.1) is 0 Å². The molecular weight excluding hydrogens is 471 g/mol. The lowest BCUT2D eigenvalue weighted by Gasteiger charge is -2.27. The van der Waals surface area contributed by atoms with Gasteiger partial charge in [-0.05, 0) is 74.3 Å². The number of anilines is 2. The van der Waals surface area contributed by atoms with Crippen LogP contribution in [0.2, 0.25) is 0 Å². The van der Waals surface area contributed by atoms with Crippen LogP contribution in [0.5, 0.6) is 5.75 Å². The maximum absolute atomic E-state index is 12.8. The number of fused-ring (bicyclic) bond motifs is 2. The summed E-state index contributed by atoms with van der Waals surface area (Å²) in [6, 6.07) is 10.9. The van der Waals surface area contributed by atoms with Crippen molar-refractivity contribution in [3.05, 3.63) is 48.2 Å². The minimum absolute atomic E-state index is 0.0502. The Balaban J connectivity index is 1.22. The van der Waals surface area contributed by atoms with Gasteiger partial charge in [0.1, 0.15) is 11.3 Å². The molecule has 2 fully saturated rings. The van der Waals surface area contributed by atoms with Crippen molar-refractivity contribution in [1.29, 1.82) is 0 Å². The van der Waals surface area contributed by atoms with Gasteiger partial charge in [0.2, 0.25) is 11.9 Å². The summed E-state index contributed by atoms with van der Waals surface area (Å²) in [5.74, 6) is 0.851. The van der Waals surface area contributed by atoms with Crippen molar-refractivity contribution < 1.29 is 19.7 Å². The Kier molecular flexibility index (Phi) is 6.50. The van der Waals surface area contributed by atoms with Crippen LogP contribution in [0, 0.1) is 0 Å². The predicted octanol–water partition coefficient (Wildman–Crippen LogP) is 1.67. The molecule has 4 N–H and O–H groups in total. The maximum Gasteiger partial charge on any atom is 0.474 e. The number of nitrogens with zero attached hydrogens (tertiary/aromatic N) is 4. The number of aliphatic hydroxyl groups excluding tert-OH is 1. The second kappa shape index (κ2) is 10.1. The normalized spacial score (nSPS) is 23.2. The van der Waals surface area contributed by atoms with E-state index in [0.717, 1.165) is 60.9 Å². The summed E-state index contributed by atoms with van der Waals surface area (Å²) in [4.78, 5) is 23.2. The Bertz CT molecular complexity index is 1340. The fourth-order valence-corrected chi connectivity index (χ4v) is 5.20. The molecule has 6 rings (SSSR count). The summed E-state index contributed by atoms with van der Waals surface area (Å²) in [7, 11) is -1.18. The van der Waals surface area contributed by atoms with Gasteiger partial charge in [-0.3, -0.25) is 4.79 Å². The highest BCUT2D eigenvalue weighted by molar-refractivity contribution is 6.67. The molecule has 1 unspecified atom stereocenters. The molecule has 1 aromatic heterocycles. The molecule has 10 nitrogen and oxygen atoms in total. The van der Waals surface area contributed by atoms with E-state index in [-0.39, 0.29) is 24.2 Å². The fourth-order valence-electron chi connectivity index (χ4n) is 5.20. The SMILES string of the molecule is O=C(C1CCCN1)N1N=Cc2ccc(Nc3ncc4cccc(OC5CCC(O)CC5)c4n3)cc2B1O. The monoisotopic (exact) mass is 500 g/mol. The van der Waals surface area contributed by atoms with Crippen LogP contribution in [-0.2, 0) is 4.79 Å². The van der Waals surface area contributed by atoms with Crippen molar-refractivity contribution in [3.8, 4) is 5.75 Å². The van der Waals surface area contributed by atoms with Crippen LogP contribution in [0.15, 0.2) is 47.7 Å². The maximum atomic E-state index is 12.8. The van der Waals surface area contributed by atoms with Gasteiger partial charge in [0.05, 0.1) is 24.5 Å². The molecule has 37 heavy (non-hydrogen) atoms. The fraction of sp³-hybridized carbons (Fsp3) is 0.385. The molecule has 1 aliphatic carbocycles. The van der Waals surface area contributed by atoms with Crippen molar-refractivity contribution in [2.45, 2.75) is 56.8 Å². The molecule has 1 saturated carbocycles. The minimum atomic E-state index is -1.18. The van der Waals surface area contributed by atoms with Gasteiger partial charge >= 0.3 is 7.05 Å². The van der Waals surface area contributed by atoms with Crippen LogP contribution in [-0.4, -0.2) is 69.0 Å². The van der Waals surface area contributed by atoms with E-state index >= 15 is 0 Å². The summed E-state index contributed by atoms with van der Waals surface area (Å²) >= 11 is 0. The van der Waals surface area contributed by atoms with E-state index in [1.54, 1.807) is 18.5 Å². The molecule has 190 valence electrons. The zero-order valence-electron chi connectivity index (χ0n) is 20.4. The van der Waals surface area contributed by atoms with Crippen molar-refractivity contribution in [2.75, 3.05) is 11.9 Å². The van der Waals surface area contributed by atoms with Crippen molar-refractivity contribution in [1.82, 2.24) is 20.2 Å². The second-order valence-electron chi connectivity index (χ2n) is 9.85. The average molecular weight is 500 g/mol. The number of carbonyl (C=O) groups is 1. The molecule has 3 aromatic rings. The lowest BCUT2D eigenvalue weighted by atomic mass is 9.69. The molecule has 1 amide bonds. The summed E-state index contributed by atoms with van der Waals surface area (Å²) in [6.45, 7) is 0.789. The van der Waals surface area contributed by atoms with Gasteiger partial charge < -0.3 is 25.5 Å². The second-order valence-corrected chi connectivity index (χ2v) is 9.85. The van der Waals surface area contributed by atoms with Crippen LogP contribution < -0.4 is 20.8 Å². The first-order valence-corrected chi connectivity index (χ1v) is 12.8. The Morgan fingerprint density at radius 2 is 2.03 bits per heavy atom. The first-order valence-electron chi connectivity index (χ1n) is 12.8. The predicted molar refractivity (Wildman–Crippen MR) is 141 cm³/mol. The Morgan fingerprint density at radius 1 is 1.16 bits per heavy atom. The van der Waals surface area contributed by atoms with Gasteiger partial charge in [-0.2, -0.15) is 5.10 Å². The molecule has 2 aromatic carbocycles. The molecule has 0 spiro atoms. The molecule has 3 heterocycles. The van der Waals surface area contributed by atoms with Gasteiger partial charge in [-0.1, -0.05) is 18.2 Å². The number of aromatic nitrogens is 2. The number of amides is 1. The first-order chi connectivity index (χ1) is 18.0. The average Bonchev–Trinajstić information content (AvgIpc) is 3.46. The van der Waals surface area contributed by atoms with Crippen LogP contribution in [0.1, 0.15) is 44.1 Å². The van der Waals surface area contributed by atoms with E-state index < -0.39 is 7.05 Å². The summed E-state index contributed by atoms with van der Waals surface area (Å²) < 4.78 is 6.27. The van der Waals surface area contributed by atoms with Crippen LogP contribution in [0.25, 0.3) is 10.9 Å². The van der Waals surface area contributed by atoms with E-state index in [0.29, 0.717) is 28.4 Å². The van der Waals surface area contributed by atoms with Gasteiger partial charge in [0, 0.05) is 17.3 Å². The molecule has 3 aliphatic rings. The molecular formula is C26H29BN6O4. The highest BCUT2D eigenvalue weighted by Gasteiger charge is 2.37. The number of nitrogens with one attached hydrogen (secondary N) is 2. The zero-order valence-corrected chi connectivity index (χ0v) is 20.4. The van der Waals surface area contributed by atoms with E-state index in [2.05, 4.69) is 20.7 Å². The van der Waals surface area contributed by atoms with Gasteiger partial charge in [-0.25, -0.2) is 14.9 Å². The molecule has 11 heteroatoms. The van der Waals surface area contributed by atoms with E-state index in [1.807, 2.05) is 30.3 Å². The molecule has 2 aliphatic heterocycles. The van der Waals surface area contributed by atoms with Crippen molar-refractivity contribution >= 4 is 47.2 Å². The third kappa shape index (κ3) is 4.89. The Hall–Kier alpha value is -3.54. The number of rotatable bonds is 5. The van der Waals surface area contributed by atoms with Crippen molar-refractivity contribution in [2.24, 2.45) is 5.10 Å². The summed E-state index contributed by atoms with van der Waals surface area (Å²) in [5, 5.41) is 32.2. The molecule has 1 atom stereocenters. The topological polar surface area (TPSA) is 132 Å². The Labute approximate surface area is 214 Å². The number of hydrogen-bond donors (Lipinski definition) is 4. The minimum Gasteiger partial charge on any atom is -0.488 e. The smallest absolute Gasteiger partial charge is 0.474 e. The number of carbonyl (C=O) groups excluding carboxylic acids is 1. The van der Waals surface area contributed by atoms with Gasteiger partial charge in [0.25, 0.3) is 0 Å². The lowest BCUT2D eigenvalue weighted by molar-refractivity contribution is -0.129. The highest BCUT2D eigenvalue weighted by atomic mass is 16.5. The summed E-state index contributed by atoms with van der Waals surface area (Å²) in [5.41, 5.74) is 2.71. The van der Waals surface area contributed by atoms with E-state index in [4.69, 9.17) is 9.72 Å². The largest absolute Gasteiger partial charge is 0.488 e. The van der Waals surface area contributed by atoms with E-state index in [1.165, 1.54) is 0 Å². The standard InChI is InChI=1S/C26H29BN6O4/c34-19-8-10-20(11-9-19)37-23-5-1-3-17-14-29-26(32-24(17)23)31-18-7-6-16-15-30-33(27(36)21(16)13-18)25(35)22-4-2-12-28-22/h1,3,5-7,13-15,19-20,22,28,34,36H,2,4,8-12H2,(H,29,31,32). The first kappa shape index (κ1) is 23.8. The van der Waals surface area contributed by atoms with Crippen LogP contribution >= 0.6 is 0 Å². The highest BCUT2D eigenvalue weighted by Crippen LogP contribution is 2.29. The van der Waals surface area contributed by atoms with E-state index in [9.17, 15) is 14.9 Å². The number of benzene rings is 2. The lowest BCUT2D eigenvalue weighted by Crippen LogP contribution is -2.56. The van der Waals surface area contributed by atoms with Gasteiger partial charge in [0.15, 0.2) is 0 Å². The zero-order chi connectivity index (χ0) is 25.4. The number of ether oxygens (including phenoxy) is 1. The molecule has 0 radical (unpaired) electrons. The molecule has 0 bridgehead atoms. The van der Waals surface area contributed by atoms with Crippen LogP contribution in [0.4, 0.5) is 11.6 Å². The summed E-state index contributed by atoms with van der Waals surface area (Å²) in [6.07, 6.45) is 7.92. The van der Waals surface area contributed by atoms with Crippen LogP contribution in [0.3, 0.4) is 0 Å². The Morgan fingerprint density at radius 3 is 2.84 bits per heavy atom. The third-order valence-corrected chi connectivity index (χ3v) is 7.27.